The minimum Gasteiger partial charge on any atom is -0.483 e. The van der Waals surface area contributed by atoms with Crippen LogP contribution in [0.1, 0.15) is 0 Å². The number of nitrogens with zero attached hydrogens (tertiary/aromatic N) is 2. The van der Waals surface area contributed by atoms with E-state index in [0.717, 1.165) is 10.8 Å². The molecule has 0 aliphatic heterocycles. The van der Waals surface area contributed by atoms with E-state index in [4.69, 9.17) is 16.3 Å². The van der Waals surface area contributed by atoms with E-state index in [0.29, 0.717) is 16.7 Å². The maximum atomic E-state index is 11.8. The van der Waals surface area contributed by atoms with Gasteiger partial charge < -0.3 is 4.74 Å². The van der Waals surface area contributed by atoms with Crippen molar-refractivity contribution in [1.29, 1.82) is 0 Å². The minimum absolute atomic E-state index is 0.147. The lowest BCUT2D eigenvalue weighted by Gasteiger charge is -2.11. The SMILES string of the molecule is O=C(COc1ccc(Cl)c2ccccc12)NNc1ncccn1. The van der Waals surface area contributed by atoms with Crippen molar-refractivity contribution in [3.63, 3.8) is 0 Å². The lowest BCUT2D eigenvalue weighted by atomic mass is 10.1. The molecule has 0 saturated carbocycles. The molecule has 0 fully saturated rings. The molecule has 23 heavy (non-hydrogen) atoms. The number of benzene rings is 2. The Kier molecular flexibility index (Phi) is 4.54. The maximum absolute atomic E-state index is 11.8. The van der Waals surface area contributed by atoms with Gasteiger partial charge in [0.05, 0.1) is 0 Å². The molecule has 1 heterocycles. The molecule has 0 aliphatic rings. The first kappa shape index (κ1) is 15.1. The molecule has 7 heteroatoms. The molecule has 2 aromatic carbocycles. The van der Waals surface area contributed by atoms with Crippen LogP contribution in [0.2, 0.25) is 5.02 Å². The molecule has 0 atom stereocenters. The molecule has 0 bridgehead atoms. The standard InChI is InChI=1S/C16H13ClN4O2/c17-13-6-7-14(12-5-2-1-4-11(12)13)23-10-15(22)20-21-16-18-8-3-9-19-16/h1-9H,10H2,(H,20,22)(H,18,19,21). The van der Waals surface area contributed by atoms with Gasteiger partial charge in [-0.3, -0.25) is 15.6 Å². The highest BCUT2D eigenvalue weighted by molar-refractivity contribution is 6.35. The Morgan fingerprint density at radius 3 is 2.57 bits per heavy atom. The van der Waals surface area contributed by atoms with Gasteiger partial charge in [-0.05, 0) is 18.2 Å². The highest BCUT2D eigenvalue weighted by atomic mass is 35.5. The fourth-order valence-corrected chi connectivity index (χ4v) is 2.26. The van der Waals surface area contributed by atoms with Crippen LogP contribution in [0.4, 0.5) is 5.95 Å². The molecular weight excluding hydrogens is 316 g/mol. The molecular formula is C16H13ClN4O2. The second-order valence-electron chi connectivity index (χ2n) is 4.63. The Bertz CT molecular complexity index is 827. The number of hydrogen-bond donors (Lipinski definition) is 2. The molecule has 1 amide bonds. The van der Waals surface area contributed by atoms with E-state index in [1.165, 1.54) is 0 Å². The average molecular weight is 329 g/mol. The van der Waals surface area contributed by atoms with E-state index in [1.54, 1.807) is 30.6 Å². The van der Waals surface area contributed by atoms with Crippen molar-refractivity contribution < 1.29 is 9.53 Å². The van der Waals surface area contributed by atoms with Gasteiger partial charge in [0, 0.05) is 28.2 Å². The Hall–Kier alpha value is -2.86. The van der Waals surface area contributed by atoms with Crippen molar-refractivity contribution in [3.05, 3.63) is 59.9 Å². The van der Waals surface area contributed by atoms with Gasteiger partial charge in [-0.1, -0.05) is 35.9 Å². The second-order valence-corrected chi connectivity index (χ2v) is 5.03. The zero-order chi connectivity index (χ0) is 16.1. The summed E-state index contributed by atoms with van der Waals surface area (Å²) >= 11 is 6.15. The summed E-state index contributed by atoms with van der Waals surface area (Å²) in [7, 11) is 0. The fraction of sp³-hybridized carbons (Fsp3) is 0.0625. The van der Waals surface area contributed by atoms with Crippen LogP contribution in [0, 0.1) is 0 Å². The summed E-state index contributed by atoms with van der Waals surface area (Å²) < 4.78 is 5.57. The number of ether oxygens (including phenoxy) is 1. The van der Waals surface area contributed by atoms with Gasteiger partial charge in [-0.25, -0.2) is 9.97 Å². The molecule has 0 unspecified atom stereocenters. The van der Waals surface area contributed by atoms with Gasteiger partial charge in [0.1, 0.15) is 5.75 Å². The number of halogens is 1. The fourth-order valence-electron chi connectivity index (χ4n) is 2.03. The summed E-state index contributed by atoms with van der Waals surface area (Å²) in [5.74, 6) is 0.547. The molecule has 6 nitrogen and oxygen atoms in total. The van der Waals surface area contributed by atoms with Crippen molar-refractivity contribution in [2.75, 3.05) is 12.0 Å². The smallest absolute Gasteiger partial charge is 0.276 e. The summed E-state index contributed by atoms with van der Waals surface area (Å²) in [5.41, 5.74) is 5.07. The number of carbonyl (C=O) groups excluding carboxylic acids is 1. The Morgan fingerprint density at radius 2 is 1.78 bits per heavy atom. The van der Waals surface area contributed by atoms with Gasteiger partial charge in [0.25, 0.3) is 5.91 Å². The van der Waals surface area contributed by atoms with Crippen LogP contribution in [0.15, 0.2) is 54.9 Å². The number of carbonyl (C=O) groups is 1. The lowest BCUT2D eigenvalue weighted by molar-refractivity contribution is -0.122. The monoisotopic (exact) mass is 328 g/mol. The Morgan fingerprint density at radius 1 is 1.04 bits per heavy atom. The highest BCUT2D eigenvalue weighted by Crippen LogP contribution is 2.31. The number of fused-ring (bicyclic) bond motifs is 1. The Labute approximate surface area is 137 Å². The van der Waals surface area contributed by atoms with E-state index in [1.807, 2.05) is 24.3 Å². The predicted molar refractivity (Wildman–Crippen MR) is 88.3 cm³/mol. The zero-order valence-electron chi connectivity index (χ0n) is 12.0. The summed E-state index contributed by atoms with van der Waals surface area (Å²) in [5, 5.41) is 2.37. The van der Waals surface area contributed by atoms with Crippen LogP contribution >= 0.6 is 11.6 Å². The van der Waals surface area contributed by atoms with E-state index < -0.39 is 0 Å². The van der Waals surface area contributed by atoms with Gasteiger partial charge in [0.2, 0.25) is 5.95 Å². The predicted octanol–water partition coefficient (Wildman–Crippen LogP) is 2.81. The molecule has 1 aromatic heterocycles. The van der Waals surface area contributed by atoms with Crippen LogP contribution in [0.5, 0.6) is 5.75 Å². The van der Waals surface area contributed by atoms with E-state index >= 15 is 0 Å². The number of nitrogens with one attached hydrogen (secondary N) is 2. The van der Waals surface area contributed by atoms with Crippen molar-refractivity contribution in [3.8, 4) is 5.75 Å². The zero-order valence-corrected chi connectivity index (χ0v) is 12.7. The number of amides is 1. The lowest BCUT2D eigenvalue weighted by Crippen LogP contribution is -2.34. The third-order valence-corrected chi connectivity index (χ3v) is 3.40. The van der Waals surface area contributed by atoms with Gasteiger partial charge in [0.15, 0.2) is 6.61 Å². The number of hydrogen-bond acceptors (Lipinski definition) is 5. The number of hydrazine groups is 1. The maximum Gasteiger partial charge on any atom is 0.276 e. The highest BCUT2D eigenvalue weighted by Gasteiger charge is 2.08. The van der Waals surface area contributed by atoms with E-state index in [-0.39, 0.29) is 12.5 Å². The quantitative estimate of drug-likeness (QED) is 0.704. The van der Waals surface area contributed by atoms with E-state index in [2.05, 4.69) is 20.8 Å². The largest absolute Gasteiger partial charge is 0.483 e. The number of anilines is 1. The average Bonchev–Trinajstić information content (AvgIpc) is 2.60. The first-order valence-electron chi connectivity index (χ1n) is 6.86. The molecule has 0 radical (unpaired) electrons. The van der Waals surface area contributed by atoms with Crippen molar-refractivity contribution in [1.82, 2.24) is 15.4 Å². The number of rotatable bonds is 5. The number of aromatic nitrogens is 2. The van der Waals surface area contributed by atoms with Crippen LogP contribution in [0.3, 0.4) is 0 Å². The van der Waals surface area contributed by atoms with Crippen LogP contribution in [0.25, 0.3) is 10.8 Å². The second kappa shape index (κ2) is 6.93. The van der Waals surface area contributed by atoms with Crippen LogP contribution in [-0.4, -0.2) is 22.5 Å². The molecule has 2 N–H and O–H groups in total. The minimum atomic E-state index is -0.350. The van der Waals surface area contributed by atoms with Gasteiger partial charge in [-0.15, -0.1) is 0 Å². The summed E-state index contributed by atoms with van der Waals surface area (Å²) in [6.45, 7) is -0.147. The molecule has 3 rings (SSSR count). The van der Waals surface area contributed by atoms with Crippen LogP contribution in [-0.2, 0) is 4.79 Å². The molecule has 3 aromatic rings. The van der Waals surface area contributed by atoms with Crippen molar-refractivity contribution in [2.45, 2.75) is 0 Å². The van der Waals surface area contributed by atoms with Crippen molar-refractivity contribution in [2.24, 2.45) is 0 Å². The third-order valence-electron chi connectivity index (χ3n) is 3.07. The van der Waals surface area contributed by atoms with Gasteiger partial charge >= 0.3 is 0 Å². The van der Waals surface area contributed by atoms with Gasteiger partial charge in [-0.2, -0.15) is 0 Å². The van der Waals surface area contributed by atoms with Crippen LogP contribution < -0.4 is 15.6 Å². The Balaban J connectivity index is 1.62. The van der Waals surface area contributed by atoms with Crippen molar-refractivity contribution >= 4 is 34.2 Å². The molecule has 116 valence electrons. The first-order valence-corrected chi connectivity index (χ1v) is 7.24. The summed E-state index contributed by atoms with van der Waals surface area (Å²) in [4.78, 5) is 19.7. The first-order chi connectivity index (χ1) is 11.2. The normalized spacial score (nSPS) is 10.3. The molecule has 0 spiro atoms. The van der Waals surface area contributed by atoms with E-state index in [9.17, 15) is 4.79 Å². The third kappa shape index (κ3) is 3.67. The summed E-state index contributed by atoms with van der Waals surface area (Å²) in [6.07, 6.45) is 3.13. The topological polar surface area (TPSA) is 76.1 Å². The molecule has 0 aliphatic carbocycles. The molecule has 0 saturated heterocycles. The summed E-state index contributed by atoms with van der Waals surface area (Å²) in [6, 6.07) is 12.7.